The summed E-state index contributed by atoms with van der Waals surface area (Å²) >= 11 is 1.66. The van der Waals surface area contributed by atoms with E-state index in [1.54, 1.807) is 11.3 Å². The smallest absolute Gasteiger partial charge is 0.182 e. The Morgan fingerprint density at radius 3 is 2.81 bits per heavy atom. The van der Waals surface area contributed by atoms with Gasteiger partial charge in [-0.15, -0.1) is 11.3 Å². The molecular weight excluding hydrogens is 216 g/mol. The van der Waals surface area contributed by atoms with Crippen molar-refractivity contribution in [2.24, 2.45) is 0 Å². The van der Waals surface area contributed by atoms with Gasteiger partial charge in [-0.05, 0) is 24.3 Å². The average Bonchev–Trinajstić information content (AvgIpc) is 3.07. The van der Waals surface area contributed by atoms with Crippen molar-refractivity contribution in [1.82, 2.24) is 4.98 Å². The van der Waals surface area contributed by atoms with E-state index >= 15 is 0 Å². The van der Waals surface area contributed by atoms with Gasteiger partial charge in [-0.25, -0.2) is 4.98 Å². The predicted octanol–water partition coefficient (Wildman–Crippen LogP) is 3.73. The van der Waals surface area contributed by atoms with E-state index in [9.17, 15) is 0 Å². The Kier molecular flexibility index (Phi) is 2.40. The van der Waals surface area contributed by atoms with Crippen LogP contribution in [0.4, 0.5) is 5.13 Å². The van der Waals surface area contributed by atoms with Crippen LogP contribution in [0.3, 0.4) is 0 Å². The van der Waals surface area contributed by atoms with Gasteiger partial charge < -0.3 is 5.32 Å². The van der Waals surface area contributed by atoms with Gasteiger partial charge in [0.1, 0.15) is 0 Å². The number of benzene rings is 1. The van der Waals surface area contributed by atoms with Crippen LogP contribution in [0.15, 0.2) is 29.6 Å². The van der Waals surface area contributed by atoms with Gasteiger partial charge in [-0.2, -0.15) is 0 Å². The van der Waals surface area contributed by atoms with Crippen molar-refractivity contribution in [3.8, 4) is 11.3 Å². The molecule has 1 aliphatic rings. The first kappa shape index (κ1) is 9.85. The van der Waals surface area contributed by atoms with Gasteiger partial charge in [-0.3, -0.25) is 0 Å². The fourth-order valence-electron chi connectivity index (χ4n) is 1.99. The minimum atomic E-state index is 0.774. The van der Waals surface area contributed by atoms with Gasteiger partial charge in [-0.1, -0.05) is 24.3 Å². The van der Waals surface area contributed by atoms with Crippen molar-refractivity contribution in [2.75, 3.05) is 12.4 Å². The van der Waals surface area contributed by atoms with Crippen LogP contribution in [-0.2, 0) is 0 Å². The van der Waals surface area contributed by atoms with Crippen molar-refractivity contribution in [3.63, 3.8) is 0 Å². The lowest BCUT2D eigenvalue weighted by atomic mass is 10.0. The summed E-state index contributed by atoms with van der Waals surface area (Å²) in [6.07, 6.45) is 2.67. The maximum atomic E-state index is 4.58. The molecule has 0 spiro atoms. The lowest BCUT2D eigenvalue weighted by Gasteiger charge is -2.05. The minimum absolute atomic E-state index is 0.774. The van der Waals surface area contributed by atoms with Crippen LogP contribution in [0.1, 0.15) is 24.3 Å². The molecule has 1 aliphatic carbocycles. The predicted molar refractivity (Wildman–Crippen MR) is 69.1 cm³/mol. The Hall–Kier alpha value is -1.35. The van der Waals surface area contributed by atoms with E-state index < -0.39 is 0 Å². The Morgan fingerprint density at radius 1 is 1.31 bits per heavy atom. The zero-order valence-corrected chi connectivity index (χ0v) is 10.1. The quantitative estimate of drug-likeness (QED) is 0.869. The summed E-state index contributed by atoms with van der Waals surface area (Å²) in [6.45, 7) is 0. The Bertz CT molecular complexity index is 500. The second kappa shape index (κ2) is 3.91. The van der Waals surface area contributed by atoms with Crippen molar-refractivity contribution >= 4 is 16.5 Å². The number of aromatic nitrogens is 1. The molecule has 0 amide bonds. The second-order valence-electron chi connectivity index (χ2n) is 4.15. The van der Waals surface area contributed by atoms with Gasteiger partial charge >= 0.3 is 0 Å². The molecule has 0 atom stereocenters. The van der Waals surface area contributed by atoms with Crippen molar-refractivity contribution in [1.29, 1.82) is 0 Å². The van der Waals surface area contributed by atoms with Crippen LogP contribution in [0.5, 0.6) is 0 Å². The molecule has 3 heteroatoms. The molecule has 0 bridgehead atoms. The highest BCUT2D eigenvalue weighted by molar-refractivity contribution is 7.14. The fraction of sp³-hybridized carbons (Fsp3) is 0.308. The number of thiazole rings is 1. The molecule has 3 rings (SSSR count). The molecule has 1 aromatic heterocycles. The summed E-state index contributed by atoms with van der Waals surface area (Å²) < 4.78 is 0. The van der Waals surface area contributed by atoms with Gasteiger partial charge in [0.25, 0.3) is 0 Å². The topological polar surface area (TPSA) is 24.9 Å². The maximum absolute atomic E-state index is 4.58. The van der Waals surface area contributed by atoms with Gasteiger partial charge in [0.15, 0.2) is 5.13 Å². The molecule has 0 aliphatic heterocycles. The van der Waals surface area contributed by atoms with Crippen LogP contribution >= 0.6 is 11.3 Å². The van der Waals surface area contributed by atoms with Crippen molar-refractivity contribution in [3.05, 3.63) is 35.2 Å². The molecule has 2 aromatic rings. The van der Waals surface area contributed by atoms with E-state index in [0.29, 0.717) is 0 Å². The number of hydrogen-bond donors (Lipinski definition) is 1. The third-order valence-electron chi connectivity index (χ3n) is 2.97. The van der Waals surface area contributed by atoms with Crippen LogP contribution in [0.2, 0.25) is 0 Å². The van der Waals surface area contributed by atoms with E-state index in [-0.39, 0.29) is 0 Å². The van der Waals surface area contributed by atoms with Crippen LogP contribution in [-0.4, -0.2) is 12.0 Å². The first-order valence-electron chi connectivity index (χ1n) is 5.61. The molecule has 0 unspecified atom stereocenters. The molecule has 1 N–H and O–H groups in total. The highest BCUT2D eigenvalue weighted by atomic mass is 32.1. The number of hydrogen-bond acceptors (Lipinski definition) is 3. The standard InChI is InChI=1S/C13H14N2S/c1-14-13-15-12(8-16-13)11-5-3-2-4-10(11)9-6-7-9/h2-5,8-9H,6-7H2,1H3,(H,14,15). The van der Waals surface area contributed by atoms with E-state index in [1.165, 1.54) is 24.0 Å². The van der Waals surface area contributed by atoms with Gasteiger partial charge in [0, 0.05) is 18.0 Å². The number of anilines is 1. The Balaban J connectivity index is 2.04. The monoisotopic (exact) mass is 230 g/mol. The van der Waals surface area contributed by atoms with Crippen LogP contribution in [0.25, 0.3) is 11.3 Å². The number of rotatable bonds is 3. The van der Waals surface area contributed by atoms with E-state index in [0.717, 1.165) is 16.7 Å². The molecule has 0 radical (unpaired) electrons. The summed E-state index contributed by atoms with van der Waals surface area (Å²) in [7, 11) is 1.91. The van der Waals surface area contributed by atoms with Crippen LogP contribution in [0, 0.1) is 0 Å². The molecule has 1 fully saturated rings. The van der Waals surface area contributed by atoms with Gasteiger partial charge in [0.2, 0.25) is 0 Å². The zero-order chi connectivity index (χ0) is 11.0. The minimum Gasteiger partial charge on any atom is -0.365 e. The third kappa shape index (κ3) is 1.71. The second-order valence-corrected chi connectivity index (χ2v) is 5.01. The highest BCUT2D eigenvalue weighted by Gasteiger charge is 2.26. The molecule has 2 nitrogen and oxygen atoms in total. The lowest BCUT2D eigenvalue weighted by Crippen LogP contribution is -1.89. The Morgan fingerprint density at radius 2 is 2.12 bits per heavy atom. The van der Waals surface area contributed by atoms with E-state index in [4.69, 9.17) is 0 Å². The molecule has 82 valence electrons. The molecule has 1 aromatic carbocycles. The first-order chi connectivity index (χ1) is 7.88. The molecular formula is C13H14N2S. The zero-order valence-electron chi connectivity index (χ0n) is 9.23. The Labute approximate surface area is 99.4 Å². The van der Waals surface area contributed by atoms with E-state index in [2.05, 4.69) is 39.9 Å². The molecule has 1 heterocycles. The average molecular weight is 230 g/mol. The highest BCUT2D eigenvalue weighted by Crippen LogP contribution is 2.44. The largest absolute Gasteiger partial charge is 0.365 e. The fourth-order valence-corrected chi connectivity index (χ4v) is 2.66. The number of nitrogens with zero attached hydrogens (tertiary/aromatic N) is 1. The molecule has 16 heavy (non-hydrogen) atoms. The maximum Gasteiger partial charge on any atom is 0.182 e. The van der Waals surface area contributed by atoms with E-state index in [1.807, 2.05) is 7.05 Å². The normalized spacial score (nSPS) is 15.1. The summed E-state index contributed by atoms with van der Waals surface area (Å²) in [6, 6.07) is 8.65. The van der Waals surface area contributed by atoms with Crippen molar-refractivity contribution < 1.29 is 0 Å². The van der Waals surface area contributed by atoms with Crippen molar-refractivity contribution in [2.45, 2.75) is 18.8 Å². The van der Waals surface area contributed by atoms with Crippen LogP contribution < -0.4 is 5.32 Å². The lowest BCUT2D eigenvalue weighted by molar-refractivity contribution is 1.13. The van der Waals surface area contributed by atoms with Gasteiger partial charge in [0.05, 0.1) is 5.69 Å². The summed E-state index contributed by atoms with van der Waals surface area (Å²) in [5.41, 5.74) is 3.88. The SMILES string of the molecule is CNc1nc(-c2ccccc2C2CC2)cs1. The summed E-state index contributed by atoms with van der Waals surface area (Å²) in [4.78, 5) is 4.58. The third-order valence-corrected chi connectivity index (χ3v) is 3.83. The first-order valence-corrected chi connectivity index (χ1v) is 6.49. The molecule has 0 saturated heterocycles. The number of nitrogens with one attached hydrogen (secondary N) is 1. The summed E-state index contributed by atoms with van der Waals surface area (Å²) in [5.74, 6) is 0.774. The summed E-state index contributed by atoms with van der Waals surface area (Å²) in [5, 5.41) is 6.21. The molecule has 1 saturated carbocycles.